The van der Waals surface area contributed by atoms with E-state index in [9.17, 15) is 18.3 Å². The molecule has 3 aromatic rings. The van der Waals surface area contributed by atoms with Crippen LogP contribution in [0.3, 0.4) is 0 Å². The van der Waals surface area contributed by atoms with Crippen LogP contribution in [-0.2, 0) is 21.9 Å². The minimum Gasteiger partial charge on any atom is -0.391 e. The van der Waals surface area contributed by atoms with Gasteiger partial charge >= 0.3 is 0 Å². The average Bonchev–Trinajstić information content (AvgIpc) is 3.42. The van der Waals surface area contributed by atoms with Crippen molar-refractivity contribution in [3.63, 3.8) is 0 Å². The van der Waals surface area contributed by atoms with Crippen LogP contribution in [0.25, 0.3) is 22.2 Å². The Bertz CT molecular complexity index is 1290. The number of benzene rings is 2. The van der Waals surface area contributed by atoms with Crippen molar-refractivity contribution in [3.05, 3.63) is 54.6 Å². The largest absolute Gasteiger partial charge is 0.391 e. The van der Waals surface area contributed by atoms with Gasteiger partial charge in [0.1, 0.15) is 0 Å². The van der Waals surface area contributed by atoms with Gasteiger partial charge in [0.2, 0.25) is 15.9 Å². The number of fused-ring (bicyclic) bond motifs is 1. The normalized spacial score (nSPS) is 23.5. The number of hydrogen-bond acceptors (Lipinski definition) is 4. The molecule has 2 aromatic carbocycles. The van der Waals surface area contributed by atoms with Crippen LogP contribution in [0.1, 0.15) is 32.1 Å². The lowest BCUT2D eigenvalue weighted by molar-refractivity contribution is -0.135. The molecule has 1 aromatic heterocycles. The van der Waals surface area contributed by atoms with Gasteiger partial charge < -0.3 is 14.6 Å². The maximum atomic E-state index is 13.2. The fourth-order valence-electron chi connectivity index (χ4n) is 5.31. The van der Waals surface area contributed by atoms with Gasteiger partial charge in [-0.1, -0.05) is 36.4 Å². The van der Waals surface area contributed by atoms with Gasteiger partial charge in [-0.05, 0) is 55.9 Å². The minimum absolute atomic E-state index is 0.0813. The van der Waals surface area contributed by atoms with Crippen LogP contribution in [0.2, 0.25) is 0 Å². The van der Waals surface area contributed by atoms with E-state index in [4.69, 9.17) is 0 Å². The number of aryl methyl sites for hydroxylation is 1. The lowest BCUT2D eigenvalue weighted by atomic mass is 9.85. The highest BCUT2D eigenvalue weighted by atomic mass is 32.2. The van der Waals surface area contributed by atoms with E-state index >= 15 is 0 Å². The predicted octanol–water partition coefficient (Wildman–Crippen LogP) is 3.28. The van der Waals surface area contributed by atoms with Crippen LogP contribution >= 0.6 is 0 Å². The van der Waals surface area contributed by atoms with E-state index in [0.717, 1.165) is 22.2 Å². The number of nitrogens with zero attached hydrogens (tertiary/aromatic N) is 2. The first kappa shape index (κ1) is 23.1. The number of amides is 1. The molecule has 2 N–H and O–H groups in total. The molecule has 1 saturated carbocycles. The van der Waals surface area contributed by atoms with E-state index in [1.165, 1.54) is 0 Å². The van der Waals surface area contributed by atoms with Crippen molar-refractivity contribution in [1.29, 1.82) is 0 Å². The van der Waals surface area contributed by atoms with Gasteiger partial charge in [-0.2, -0.15) is 0 Å². The number of carbonyl (C=O) groups is 1. The topological polar surface area (TPSA) is 91.6 Å². The summed E-state index contributed by atoms with van der Waals surface area (Å²) in [6, 6.07) is 17.2. The third kappa shape index (κ3) is 4.50. The number of nitrogens with one attached hydrogen (secondary N) is 1. The molecule has 180 valence electrons. The summed E-state index contributed by atoms with van der Waals surface area (Å²) < 4.78 is 31.2. The monoisotopic (exact) mass is 481 g/mol. The van der Waals surface area contributed by atoms with Gasteiger partial charge in [-0.15, -0.1) is 0 Å². The molecule has 34 heavy (non-hydrogen) atoms. The van der Waals surface area contributed by atoms with Crippen LogP contribution in [0.15, 0.2) is 59.5 Å². The quantitative estimate of drug-likeness (QED) is 0.585. The third-order valence-corrected chi connectivity index (χ3v) is 8.79. The van der Waals surface area contributed by atoms with Crippen LogP contribution in [0, 0.1) is 5.92 Å². The Morgan fingerprint density at radius 3 is 2.41 bits per heavy atom. The number of carbonyl (C=O) groups excluding carboxylic acids is 1. The molecule has 1 saturated heterocycles. The second kappa shape index (κ2) is 9.17. The van der Waals surface area contributed by atoms with Crippen LogP contribution < -0.4 is 4.72 Å². The third-order valence-electron chi connectivity index (χ3n) is 7.27. The molecule has 2 heterocycles. The fourth-order valence-corrected chi connectivity index (χ4v) is 6.63. The van der Waals surface area contributed by atoms with Gasteiger partial charge in [-0.3, -0.25) is 4.79 Å². The van der Waals surface area contributed by atoms with Gasteiger partial charge in [0.15, 0.2) is 0 Å². The van der Waals surface area contributed by atoms with Crippen molar-refractivity contribution in [2.45, 2.75) is 49.1 Å². The number of aliphatic hydroxyl groups is 1. The maximum Gasteiger partial charge on any atom is 0.240 e. The summed E-state index contributed by atoms with van der Waals surface area (Å²) >= 11 is 0. The lowest BCUT2D eigenvalue weighted by Crippen LogP contribution is -2.41. The Labute approximate surface area is 200 Å². The van der Waals surface area contributed by atoms with Crippen LogP contribution in [0.5, 0.6) is 0 Å². The van der Waals surface area contributed by atoms with E-state index in [2.05, 4.69) is 10.8 Å². The van der Waals surface area contributed by atoms with Crippen LogP contribution in [-0.4, -0.2) is 54.1 Å². The number of aromatic nitrogens is 1. The molecule has 1 amide bonds. The van der Waals surface area contributed by atoms with Crippen molar-refractivity contribution in [2.75, 3.05) is 13.1 Å². The first-order chi connectivity index (χ1) is 16.3. The highest BCUT2D eigenvalue weighted by Gasteiger charge is 2.34. The molecule has 5 rings (SSSR count). The highest BCUT2D eigenvalue weighted by molar-refractivity contribution is 7.89. The highest BCUT2D eigenvalue weighted by Crippen LogP contribution is 2.31. The summed E-state index contributed by atoms with van der Waals surface area (Å²) in [5.74, 6) is 0.0171. The Balaban J connectivity index is 1.27. The molecular formula is C26H31N3O4S. The number of hydrogen-bond donors (Lipinski definition) is 2. The van der Waals surface area contributed by atoms with Crippen LogP contribution in [0.4, 0.5) is 0 Å². The summed E-state index contributed by atoms with van der Waals surface area (Å²) in [5.41, 5.74) is 2.98. The zero-order chi connectivity index (χ0) is 23.9. The molecule has 2 aliphatic rings. The van der Waals surface area contributed by atoms with Crippen molar-refractivity contribution in [2.24, 2.45) is 13.0 Å². The number of β-amino-alcohol motifs (C(OH)–C–C–N with tert-alkyl or cyclic N) is 1. The molecular weight excluding hydrogens is 450 g/mol. The molecule has 0 spiro atoms. The lowest BCUT2D eigenvalue weighted by Gasteiger charge is -2.30. The molecule has 1 aliphatic heterocycles. The zero-order valence-corrected chi connectivity index (χ0v) is 20.2. The molecule has 7 nitrogen and oxygen atoms in total. The molecule has 1 atom stereocenters. The Kier molecular flexibility index (Phi) is 6.22. The molecule has 0 radical (unpaired) electrons. The van der Waals surface area contributed by atoms with Gasteiger partial charge in [-0.25, -0.2) is 13.1 Å². The summed E-state index contributed by atoms with van der Waals surface area (Å²) in [6.07, 6.45) is 2.82. The predicted molar refractivity (Wildman–Crippen MR) is 132 cm³/mol. The van der Waals surface area contributed by atoms with E-state index < -0.39 is 16.1 Å². The maximum absolute atomic E-state index is 13.2. The van der Waals surface area contributed by atoms with Crippen molar-refractivity contribution in [3.8, 4) is 11.3 Å². The van der Waals surface area contributed by atoms with E-state index in [0.29, 0.717) is 45.2 Å². The second-order valence-electron chi connectivity index (χ2n) is 9.57. The molecule has 1 unspecified atom stereocenters. The zero-order valence-electron chi connectivity index (χ0n) is 19.4. The number of likely N-dealkylation sites (tertiary alicyclic amines) is 1. The molecule has 0 bridgehead atoms. The fraction of sp³-hybridized carbons (Fsp3) is 0.423. The summed E-state index contributed by atoms with van der Waals surface area (Å²) in [4.78, 5) is 14.7. The van der Waals surface area contributed by atoms with Gasteiger partial charge in [0.25, 0.3) is 0 Å². The van der Waals surface area contributed by atoms with Crippen molar-refractivity contribution >= 4 is 26.8 Å². The van der Waals surface area contributed by atoms with Gasteiger partial charge in [0, 0.05) is 48.7 Å². The first-order valence-electron chi connectivity index (χ1n) is 12.0. The Morgan fingerprint density at radius 2 is 1.74 bits per heavy atom. The van der Waals surface area contributed by atoms with E-state index in [-0.39, 0.29) is 22.8 Å². The Hall–Kier alpha value is -2.68. The number of aliphatic hydroxyl groups excluding tert-OH is 1. The summed E-state index contributed by atoms with van der Waals surface area (Å²) in [5, 5.41) is 10.7. The average molecular weight is 482 g/mol. The van der Waals surface area contributed by atoms with Crippen molar-refractivity contribution < 1.29 is 18.3 Å². The van der Waals surface area contributed by atoms with E-state index in [1.54, 1.807) is 17.0 Å². The second-order valence-corrected chi connectivity index (χ2v) is 11.3. The Morgan fingerprint density at radius 1 is 1.00 bits per heavy atom. The van der Waals surface area contributed by atoms with Crippen molar-refractivity contribution in [1.82, 2.24) is 14.2 Å². The minimum atomic E-state index is -3.68. The van der Waals surface area contributed by atoms with E-state index in [1.807, 2.05) is 48.0 Å². The van der Waals surface area contributed by atoms with Gasteiger partial charge in [0.05, 0.1) is 11.0 Å². The number of sulfonamides is 1. The summed E-state index contributed by atoms with van der Waals surface area (Å²) in [7, 11) is -1.73. The summed E-state index contributed by atoms with van der Waals surface area (Å²) in [6.45, 7) is 1.03. The SMILES string of the molecule is Cn1c(-c2ccccc2)cc2ccc(S(=O)(=O)NC3CCC(C(=O)N4CCC(O)C4)CC3)cc21. The standard InChI is InChI=1S/C26H31N3O4S/c1-28-24(18-5-3-2-4-6-18)15-20-9-12-23(16-25(20)28)34(32,33)27-21-10-7-19(8-11-21)26(31)29-14-13-22(30)17-29/h2-6,9,12,15-16,19,21-22,27,30H,7-8,10-11,13-14,17H2,1H3. The number of rotatable bonds is 5. The smallest absolute Gasteiger partial charge is 0.240 e. The molecule has 8 heteroatoms. The first-order valence-corrected chi connectivity index (χ1v) is 13.4. The molecule has 1 aliphatic carbocycles. The molecule has 2 fully saturated rings.